The van der Waals surface area contributed by atoms with Gasteiger partial charge in [0.15, 0.2) is 0 Å². The van der Waals surface area contributed by atoms with E-state index in [0.717, 1.165) is 6.42 Å². The van der Waals surface area contributed by atoms with Gasteiger partial charge in [-0.15, -0.1) is 0 Å². The Labute approximate surface area is 125 Å². The van der Waals surface area contributed by atoms with Crippen molar-refractivity contribution in [3.63, 3.8) is 0 Å². The van der Waals surface area contributed by atoms with Gasteiger partial charge in [-0.05, 0) is 24.2 Å². The highest BCUT2D eigenvalue weighted by Crippen LogP contribution is 2.21. The lowest BCUT2D eigenvalue weighted by molar-refractivity contribution is 0.304. The second kappa shape index (κ2) is 7.33. The summed E-state index contributed by atoms with van der Waals surface area (Å²) >= 11 is 0. The van der Waals surface area contributed by atoms with Crippen LogP contribution in [0.5, 0.6) is 0 Å². The number of nitrogens with one attached hydrogen (secondary N) is 2. The summed E-state index contributed by atoms with van der Waals surface area (Å²) in [5.74, 6) is 1.64. The number of anilines is 2. The van der Waals surface area contributed by atoms with E-state index >= 15 is 0 Å². The van der Waals surface area contributed by atoms with Crippen LogP contribution in [0.1, 0.15) is 41.0 Å². The zero-order valence-corrected chi connectivity index (χ0v) is 13.7. The number of nitrogen functional groups attached to an aromatic ring is 1. The zero-order valence-electron chi connectivity index (χ0n) is 13.7. The van der Waals surface area contributed by atoms with Gasteiger partial charge in [-0.1, -0.05) is 34.6 Å². The van der Waals surface area contributed by atoms with Crippen molar-refractivity contribution in [3.8, 4) is 0 Å². The molecule has 0 spiro atoms. The molecule has 0 aliphatic rings. The summed E-state index contributed by atoms with van der Waals surface area (Å²) in [7, 11) is 0. The van der Waals surface area contributed by atoms with Crippen LogP contribution in [-0.2, 0) is 6.54 Å². The normalized spacial score (nSPS) is 11.6. The second-order valence-corrected chi connectivity index (χ2v) is 6.20. The van der Waals surface area contributed by atoms with Gasteiger partial charge >= 0.3 is 5.69 Å². The third-order valence-electron chi connectivity index (χ3n) is 3.91. The predicted octanol–water partition coefficient (Wildman–Crippen LogP) is 1.87. The molecule has 6 nitrogen and oxygen atoms in total. The van der Waals surface area contributed by atoms with E-state index < -0.39 is 11.2 Å². The maximum Gasteiger partial charge on any atom is 0.330 e. The SMILES string of the molecule is CCCn1c(N)c(NCC(C(C)C)C(C)C)c(=O)[nH]c1=O. The van der Waals surface area contributed by atoms with E-state index in [9.17, 15) is 9.59 Å². The lowest BCUT2D eigenvalue weighted by atomic mass is 9.85. The average molecular weight is 296 g/mol. The lowest BCUT2D eigenvalue weighted by Gasteiger charge is -2.25. The van der Waals surface area contributed by atoms with E-state index in [0.29, 0.717) is 36.5 Å². The van der Waals surface area contributed by atoms with Gasteiger partial charge in [-0.2, -0.15) is 0 Å². The molecule has 4 N–H and O–H groups in total. The third-order valence-corrected chi connectivity index (χ3v) is 3.91. The molecule has 0 radical (unpaired) electrons. The van der Waals surface area contributed by atoms with E-state index in [1.165, 1.54) is 4.57 Å². The number of nitrogens with zero attached hydrogens (tertiary/aromatic N) is 1. The van der Waals surface area contributed by atoms with Crippen molar-refractivity contribution in [2.75, 3.05) is 17.6 Å². The Morgan fingerprint density at radius 2 is 1.76 bits per heavy atom. The van der Waals surface area contributed by atoms with Gasteiger partial charge in [0, 0.05) is 13.1 Å². The predicted molar refractivity (Wildman–Crippen MR) is 87.7 cm³/mol. The Morgan fingerprint density at radius 1 is 1.19 bits per heavy atom. The first kappa shape index (κ1) is 17.3. The average Bonchev–Trinajstić information content (AvgIpc) is 2.37. The Kier molecular flexibility index (Phi) is 6.05. The molecule has 0 saturated carbocycles. The van der Waals surface area contributed by atoms with Crippen molar-refractivity contribution in [3.05, 3.63) is 20.8 Å². The van der Waals surface area contributed by atoms with Gasteiger partial charge in [0.2, 0.25) is 0 Å². The molecule has 1 aromatic rings. The summed E-state index contributed by atoms with van der Waals surface area (Å²) < 4.78 is 1.41. The first-order valence-electron chi connectivity index (χ1n) is 7.66. The fourth-order valence-corrected chi connectivity index (χ4v) is 2.67. The van der Waals surface area contributed by atoms with Crippen molar-refractivity contribution in [1.82, 2.24) is 9.55 Å². The molecule has 0 amide bonds. The molecule has 0 bridgehead atoms. The monoisotopic (exact) mass is 296 g/mol. The molecule has 1 aromatic heterocycles. The van der Waals surface area contributed by atoms with Crippen LogP contribution >= 0.6 is 0 Å². The Bertz CT molecular complexity index is 564. The van der Waals surface area contributed by atoms with Crippen LogP contribution in [-0.4, -0.2) is 16.1 Å². The van der Waals surface area contributed by atoms with Crippen molar-refractivity contribution in [2.24, 2.45) is 17.8 Å². The van der Waals surface area contributed by atoms with Gasteiger partial charge < -0.3 is 11.1 Å². The number of hydrogen-bond acceptors (Lipinski definition) is 4. The first-order chi connectivity index (χ1) is 9.79. The summed E-state index contributed by atoms with van der Waals surface area (Å²) in [5, 5.41) is 3.14. The van der Waals surface area contributed by atoms with Crippen LogP contribution in [0.3, 0.4) is 0 Å². The zero-order chi connectivity index (χ0) is 16.2. The molecular weight excluding hydrogens is 268 g/mol. The summed E-state index contributed by atoms with van der Waals surface area (Å²) in [5.41, 5.74) is 5.39. The summed E-state index contributed by atoms with van der Waals surface area (Å²) in [4.78, 5) is 26.0. The van der Waals surface area contributed by atoms with Crippen LogP contribution in [0.2, 0.25) is 0 Å². The highest BCUT2D eigenvalue weighted by atomic mass is 16.2. The van der Waals surface area contributed by atoms with Crippen LogP contribution in [0.15, 0.2) is 9.59 Å². The van der Waals surface area contributed by atoms with Crippen molar-refractivity contribution in [1.29, 1.82) is 0 Å². The van der Waals surface area contributed by atoms with E-state index in [-0.39, 0.29) is 5.82 Å². The van der Waals surface area contributed by atoms with E-state index in [2.05, 4.69) is 38.0 Å². The van der Waals surface area contributed by atoms with Crippen molar-refractivity contribution in [2.45, 2.75) is 47.6 Å². The van der Waals surface area contributed by atoms with Crippen LogP contribution < -0.4 is 22.3 Å². The number of H-pyrrole nitrogens is 1. The summed E-state index contributed by atoms with van der Waals surface area (Å²) in [6, 6.07) is 0. The Balaban J connectivity index is 3.06. The van der Waals surface area contributed by atoms with E-state index in [4.69, 9.17) is 5.73 Å². The standard InChI is InChI=1S/C15H28N4O2/c1-6-7-19-13(16)12(14(20)18-15(19)21)17-8-11(9(2)3)10(4)5/h9-11,17H,6-8,16H2,1-5H3,(H,18,20,21). The fourth-order valence-electron chi connectivity index (χ4n) is 2.67. The quantitative estimate of drug-likeness (QED) is 0.716. The number of aromatic nitrogens is 2. The Hall–Kier alpha value is -1.72. The van der Waals surface area contributed by atoms with Crippen LogP contribution in [0.25, 0.3) is 0 Å². The van der Waals surface area contributed by atoms with Crippen LogP contribution in [0.4, 0.5) is 11.5 Å². The van der Waals surface area contributed by atoms with Crippen molar-refractivity contribution >= 4 is 11.5 Å². The van der Waals surface area contributed by atoms with Gasteiger partial charge in [0.05, 0.1) is 0 Å². The second-order valence-electron chi connectivity index (χ2n) is 6.20. The van der Waals surface area contributed by atoms with E-state index in [1.807, 2.05) is 6.92 Å². The molecule has 0 unspecified atom stereocenters. The molecule has 1 rings (SSSR count). The molecule has 120 valence electrons. The lowest BCUT2D eigenvalue weighted by Crippen LogP contribution is -2.35. The molecule has 0 fully saturated rings. The largest absolute Gasteiger partial charge is 0.383 e. The third kappa shape index (κ3) is 4.12. The maximum atomic E-state index is 12.0. The molecular formula is C15H28N4O2. The number of rotatable bonds is 7. The topological polar surface area (TPSA) is 92.9 Å². The minimum atomic E-state index is -0.450. The minimum absolute atomic E-state index is 0.219. The highest BCUT2D eigenvalue weighted by Gasteiger charge is 2.19. The van der Waals surface area contributed by atoms with Gasteiger partial charge in [0.1, 0.15) is 11.5 Å². The molecule has 0 saturated heterocycles. The van der Waals surface area contributed by atoms with E-state index in [1.54, 1.807) is 0 Å². The van der Waals surface area contributed by atoms with Crippen molar-refractivity contribution < 1.29 is 0 Å². The highest BCUT2D eigenvalue weighted by molar-refractivity contribution is 5.60. The molecule has 0 aliphatic heterocycles. The number of aromatic amines is 1. The maximum absolute atomic E-state index is 12.0. The van der Waals surface area contributed by atoms with Gasteiger partial charge in [-0.25, -0.2) is 4.79 Å². The number of hydrogen-bond donors (Lipinski definition) is 3. The Morgan fingerprint density at radius 3 is 2.24 bits per heavy atom. The molecule has 21 heavy (non-hydrogen) atoms. The molecule has 1 heterocycles. The minimum Gasteiger partial charge on any atom is -0.383 e. The fraction of sp³-hybridized carbons (Fsp3) is 0.733. The van der Waals surface area contributed by atoms with Crippen LogP contribution in [0, 0.1) is 17.8 Å². The molecule has 0 atom stereocenters. The smallest absolute Gasteiger partial charge is 0.330 e. The number of nitrogens with two attached hydrogens (primary N) is 1. The van der Waals surface area contributed by atoms with Gasteiger partial charge in [0.25, 0.3) is 5.56 Å². The molecule has 6 heteroatoms. The molecule has 0 aliphatic carbocycles. The summed E-state index contributed by atoms with van der Waals surface area (Å²) in [6.07, 6.45) is 0.774. The first-order valence-corrected chi connectivity index (χ1v) is 7.66. The van der Waals surface area contributed by atoms with Gasteiger partial charge in [-0.3, -0.25) is 14.3 Å². The summed E-state index contributed by atoms with van der Waals surface area (Å²) in [6.45, 7) is 11.8. The molecule has 0 aromatic carbocycles.